The van der Waals surface area contributed by atoms with E-state index in [0.29, 0.717) is 37.2 Å². The molecular weight excluding hydrogens is 284 g/mol. The zero-order chi connectivity index (χ0) is 16.1. The lowest BCUT2D eigenvalue weighted by Crippen LogP contribution is -2.56. The fraction of sp³-hybridized carbons (Fsp3) is 0.533. The van der Waals surface area contributed by atoms with Crippen molar-refractivity contribution in [2.45, 2.75) is 26.8 Å². The van der Waals surface area contributed by atoms with Crippen LogP contribution in [0.15, 0.2) is 18.3 Å². The van der Waals surface area contributed by atoms with E-state index in [1.165, 1.54) is 4.90 Å². The molecule has 1 saturated heterocycles. The second-order valence-electron chi connectivity index (χ2n) is 5.68. The summed E-state index contributed by atoms with van der Waals surface area (Å²) >= 11 is 0. The van der Waals surface area contributed by atoms with Gasteiger partial charge in [-0.3, -0.25) is 4.79 Å². The third-order valence-electron chi connectivity index (χ3n) is 3.31. The molecule has 1 atom stereocenters. The predicted octanol–water partition coefficient (Wildman–Crippen LogP) is 1.47. The van der Waals surface area contributed by atoms with Crippen molar-refractivity contribution < 1.29 is 14.3 Å². The number of amides is 3. The minimum atomic E-state index is -0.477. The topological polar surface area (TPSA) is 83.6 Å². The molecule has 0 bridgehead atoms. The van der Waals surface area contributed by atoms with Gasteiger partial charge in [-0.2, -0.15) is 0 Å². The highest BCUT2D eigenvalue weighted by molar-refractivity contribution is 5.94. The Kier molecular flexibility index (Phi) is 5.19. The Labute approximate surface area is 130 Å². The molecule has 3 amide bonds. The van der Waals surface area contributed by atoms with Gasteiger partial charge >= 0.3 is 6.03 Å². The summed E-state index contributed by atoms with van der Waals surface area (Å²) in [6.07, 6.45) is 1.54. The smallest absolute Gasteiger partial charge is 0.322 e. The molecule has 1 aliphatic rings. The van der Waals surface area contributed by atoms with Crippen LogP contribution in [0.5, 0.6) is 5.88 Å². The Hall–Kier alpha value is -2.31. The van der Waals surface area contributed by atoms with Crippen LogP contribution < -0.4 is 15.4 Å². The number of hydrogen-bond donors (Lipinski definition) is 2. The average Bonchev–Trinajstić information content (AvgIpc) is 2.49. The fourth-order valence-corrected chi connectivity index (χ4v) is 2.05. The summed E-state index contributed by atoms with van der Waals surface area (Å²) < 4.78 is 5.49. The van der Waals surface area contributed by atoms with Crippen LogP contribution >= 0.6 is 0 Å². The number of nitrogens with zero attached hydrogens (tertiary/aromatic N) is 2. The molecule has 1 aromatic rings. The average molecular weight is 306 g/mol. The quantitative estimate of drug-likeness (QED) is 0.882. The number of aromatic nitrogens is 1. The monoisotopic (exact) mass is 306 g/mol. The van der Waals surface area contributed by atoms with Crippen LogP contribution in [0.25, 0.3) is 0 Å². The third kappa shape index (κ3) is 4.09. The first-order valence-corrected chi connectivity index (χ1v) is 7.41. The molecule has 1 aromatic heterocycles. The van der Waals surface area contributed by atoms with Crippen molar-refractivity contribution in [3.8, 4) is 5.88 Å². The van der Waals surface area contributed by atoms with Gasteiger partial charge in [0, 0.05) is 19.2 Å². The molecule has 7 heteroatoms. The van der Waals surface area contributed by atoms with Crippen LogP contribution in [0.3, 0.4) is 0 Å². The van der Waals surface area contributed by atoms with Gasteiger partial charge in [-0.25, -0.2) is 9.78 Å². The number of carbonyl (C=O) groups excluding carboxylic acids is 2. The van der Waals surface area contributed by atoms with E-state index in [2.05, 4.69) is 29.5 Å². The van der Waals surface area contributed by atoms with Crippen molar-refractivity contribution in [1.82, 2.24) is 15.2 Å². The first kappa shape index (κ1) is 16.1. The highest BCUT2D eigenvalue weighted by atomic mass is 16.5. The Morgan fingerprint density at radius 1 is 1.55 bits per heavy atom. The van der Waals surface area contributed by atoms with Gasteiger partial charge < -0.3 is 20.3 Å². The molecule has 2 N–H and O–H groups in total. The first-order valence-electron chi connectivity index (χ1n) is 7.41. The van der Waals surface area contributed by atoms with Gasteiger partial charge in [0.25, 0.3) is 0 Å². The number of carbonyl (C=O) groups is 2. The van der Waals surface area contributed by atoms with Crippen molar-refractivity contribution in [2.75, 3.05) is 25.0 Å². The summed E-state index contributed by atoms with van der Waals surface area (Å²) in [5.74, 6) is 0.808. The number of urea groups is 1. The van der Waals surface area contributed by atoms with Gasteiger partial charge in [0.2, 0.25) is 11.8 Å². The van der Waals surface area contributed by atoms with E-state index < -0.39 is 6.04 Å². The molecule has 0 spiro atoms. The number of anilines is 1. The maximum absolute atomic E-state index is 12.2. The summed E-state index contributed by atoms with van der Waals surface area (Å²) in [5, 5.41) is 5.47. The molecule has 1 fully saturated rings. The zero-order valence-corrected chi connectivity index (χ0v) is 13.1. The third-order valence-corrected chi connectivity index (χ3v) is 3.31. The normalized spacial score (nSPS) is 18.1. The van der Waals surface area contributed by atoms with Crippen LogP contribution in [-0.4, -0.2) is 47.6 Å². The van der Waals surface area contributed by atoms with E-state index in [4.69, 9.17) is 4.74 Å². The van der Waals surface area contributed by atoms with Gasteiger partial charge in [-0.1, -0.05) is 13.8 Å². The summed E-state index contributed by atoms with van der Waals surface area (Å²) in [7, 11) is 0. The summed E-state index contributed by atoms with van der Waals surface area (Å²) in [5.41, 5.74) is 0.570. The molecule has 0 aromatic carbocycles. The molecule has 0 aliphatic carbocycles. The number of piperazine rings is 1. The molecule has 120 valence electrons. The summed E-state index contributed by atoms with van der Waals surface area (Å²) in [4.78, 5) is 29.4. The van der Waals surface area contributed by atoms with Crippen LogP contribution in [-0.2, 0) is 4.79 Å². The van der Waals surface area contributed by atoms with E-state index in [0.717, 1.165) is 0 Å². The van der Waals surface area contributed by atoms with Crippen molar-refractivity contribution in [1.29, 1.82) is 0 Å². The number of pyridine rings is 1. The van der Waals surface area contributed by atoms with E-state index in [1.807, 2.05) is 0 Å². The Morgan fingerprint density at radius 3 is 2.95 bits per heavy atom. The summed E-state index contributed by atoms with van der Waals surface area (Å²) in [6, 6.07) is 2.66. The van der Waals surface area contributed by atoms with Gasteiger partial charge in [-0.05, 0) is 18.9 Å². The molecule has 7 nitrogen and oxygen atoms in total. The predicted molar refractivity (Wildman–Crippen MR) is 82.8 cm³/mol. The molecule has 2 heterocycles. The molecule has 22 heavy (non-hydrogen) atoms. The standard InChI is InChI=1S/C15H22N4O3/c1-10(2)9-22-13-5-4-12(8-17-13)18-15(21)19-7-6-16-14(20)11(19)3/h4-5,8,10-11H,6-7,9H2,1-3H3,(H,16,20)(H,18,21). The molecule has 0 radical (unpaired) electrons. The van der Waals surface area contributed by atoms with Gasteiger partial charge in [0.15, 0.2) is 0 Å². The lowest BCUT2D eigenvalue weighted by molar-refractivity contribution is -0.126. The van der Waals surface area contributed by atoms with Crippen molar-refractivity contribution in [3.05, 3.63) is 18.3 Å². The van der Waals surface area contributed by atoms with E-state index in [9.17, 15) is 9.59 Å². The Bertz CT molecular complexity index is 530. The van der Waals surface area contributed by atoms with Crippen LogP contribution in [0.4, 0.5) is 10.5 Å². The molecule has 1 aliphatic heterocycles. The SMILES string of the molecule is CC(C)COc1ccc(NC(=O)N2CCNC(=O)C2C)cn1. The Morgan fingerprint density at radius 2 is 2.32 bits per heavy atom. The Balaban J connectivity index is 1.92. The van der Waals surface area contributed by atoms with Crippen LogP contribution in [0.1, 0.15) is 20.8 Å². The van der Waals surface area contributed by atoms with Crippen LogP contribution in [0, 0.1) is 5.92 Å². The van der Waals surface area contributed by atoms with Crippen molar-refractivity contribution >= 4 is 17.6 Å². The van der Waals surface area contributed by atoms with E-state index in [-0.39, 0.29) is 11.9 Å². The second-order valence-corrected chi connectivity index (χ2v) is 5.68. The number of ether oxygens (including phenoxy) is 1. The lowest BCUT2D eigenvalue weighted by atomic mass is 10.2. The van der Waals surface area contributed by atoms with Gasteiger partial charge in [0.05, 0.1) is 18.5 Å². The highest BCUT2D eigenvalue weighted by Crippen LogP contribution is 2.14. The molecule has 2 rings (SSSR count). The second kappa shape index (κ2) is 7.11. The number of hydrogen-bond acceptors (Lipinski definition) is 4. The van der Waals surface area contributed by atoms with Gasteiger partial charge in [-0.15, -0.1) is 0 Å². The van der Waals surface area contributed by atoms with E-state index in [1.54, 1.807) is 25.3 Å². The first-order chi connectivity index (χ1) is 10.5. The molecule has 1 unspecified atom stereocenters. The maximum Gasteiger partial charge on any atom is 0.322 e. The number of rotatable bonds is 4. The highest BCUT2D eigenvalue weighted by Gasteiger charge is 2.29. The van der Waals surface area contributed by atoms with Crippen LogP contribution in [0.2, 0.25) is 0 Å². The summed E-state index contributed by atoms with van der Waals surface area (Å²) in [6.45, 7) is 7.38. The maximum atomic E-state index is 12.2. The van der Waals surface area contributed by atoms with Crippen molar-refractivity contribution in [2.24, 2.45) is 5.92 Å². The fourth-order valence-electron chi connectivity index (χ4n) is 2.05. The van der Waals surface area contributed by atoms with Crippen molar-refractivity contribution in [3.63, 3.8) is 0 Å². The van der Waals surface area contributed by atoms with E-state index >= 15 is 0 Å². The molecule has 0 saturated carbocycles. The zero-order valence-electron chi connectivity index (χ0n) is 13.1. The number of nitrogens with one attached hydrogen (secondary N) is 2. The minimum Gasteiger partial charge on any atom is -0.477 e. The largest absolute Gasteiger partial charge is 0.477 e. The van der Waals surface area contributed by atoms with Gasteiger partial charge in [0.1, 0.15) is 6.04 Å². The minimum absolute atomic E-state index is 0.142. The molecular formula is C15H22N4O3. The lowest BCUT2D eigenvalue weighted by Gasteiger charge is -2.32.